The van der Waals surface area contributed by atoms with Crippen molar-refractivity contribution in [2.24, 2.45) is 46.3 Å². The van der Waals surface area contributed by atoms with Gasteiger partial charge in [0.15, 0.2) is 0 Å². The molecule has 4 rings (SSSR count). The number of hydrogen-bond acceptors (Lipinski definition) is 3. The van der Waals surface area contributed by atoms with Crippen molar-refractivity contribution >= 4 is 6.16 Å². The van der Waals surface area contributed by atoms with Gasteiger partial charge in [-0.3, -0.25) is 0 Å². The molecule has 0 amide bonds. The molecule has 206 valence electrons. The van der Waals surface area contributed by atoms with Crippen LogP contribution in [0.2, 0.25) is 0 Å². The smallest absolute Gasteiger partial charge is 0.434 e. The maximum absolute atomic E-state index is 12.2. The van der Waals surface area contributed by atoms with Gasteiger partial charge < -0.3 is 9.47 Å². The molecule has 0 saturated heterocycles. The zero-order chi connectivity index (χ0) is 25.9. The van der Waals surface area contributed by atoms with Crippen LogP contribution in [-0.2, 0) is 9.47 Å². The average molecular weight is 501 g/mol. The molecule has 0 spiro atoms. The molecule has 4 aliphatic carbocycles. The average Bonchev–Trinajstić information content (AvgIpc) is 3.19. The highest BCUT2D eigenvalue weighted by atomic mass is 16.7. The number of fused-ring (bicyclic) bond motifs is 5. The van der Waals surface area contributed by atoms with Crippen LogP contribution in [0.5, 0.6) is 0 Å². The fourth-order valence-corrected chi connectivity index (χ4v) is 9.43. The second-order valence-electron chi connectivity index (χ2n) is 14.1. The van der Waals surface area contributed by atoms with Crippen LogP contribution < -0.4 is 0 Å². The second kappa shape index (κ2) is 11.8. The van der Waals surface area contributed by atoms with Gasteiger partial charge in [-0.15, -0.1) is 0 Å². The van der Waals surface area contributed by atoms with E-state index in [1.165, 1.54) is 51.4 Å². The van der Waals surface area contributed by atoms with Gasteiger partial charge in [0.05, 0.1) is 6.61 Å². The summed E-state index contributed by atoms with van der Waals surface area (Å²) in [4.78, 5) is 12.2. The molecule has 0 bridgehead atoms. The van der Waals surface area contributed by atoms with Crippen LogP contribution in [0.3, 0.4) is 0 Å². The van der Waals surface area contributed by atoms with Crippen LogP contribution in [0.25, 0.3) is 0 Å². The van der Waals surface area contributed by atoms with Gasteiger partial charge in [0.1, 0.15) is 6.10 Å². The Kier molecular flexibility index (Phi) is 9.20. The lowest BCUT2D eigenvalue weighted by Crippen LogP contribution is -2.51. The van der Waals surface area contributed by atoms with Gasteiger partial charge in [0.25, 0.3) is 0 Å². The topological polar surface area (TPSA) is 35.5 Å². The number of ether oxygens (including phenoxy) is 2. The molecule has 0 aromatic heterocycles. The summed E-state index contributed by atoms with van der Waals surface area (Å²) in [6.07, 6.45) is 19.5. The van der Waals surface area contributed by atoms with Gasteiger partial charge >= 0.3 is 6.16 Å². The molecule has 4 aliphatic rings. The van der Waals surface area contributed by atoms with E-state index < -0.39 is 6.16 Å². The van der Waals surface area contributed by atoms with Crippen molar-refractivity contribution in [1.29, 1.82) is 0 Å². The van der Waals surface area contributed by atoms with Crippen LogP contribution in [0, 0.1) is 46.3 Å². The minimum absolute atomic E-state index is 0.00374. The summed E-state index contributed by atoms with van der Waals surface area (Å²) < 4.78 is 11.1. The Balaban J connectivity index is 1.36. The molecule has 0 N–H and O–H groups in total. The molecule has 0 heterocycles. The quantitative estimate of drug-likeness (QED) is 0.170. The zero-order valence-electron chi connectivity index (χ0n) is 24.5. The molecular formula is C33H56O3. The summed E-state index contributed by atoms with van der Waals surface area (Å²) in [5.41, 5.74) is 2.43. The van der Waals surface area contributed by atoms with Crippen molar-refractivity contribution in [2.45, 2.75) is 138 Å². The zero-order valence-corrected chi connectivity index (χ0v) is 24.5. The predicted molar refractivity (Wildman–Crippen MR) is 149 cm³/mol. The Morgan fingerprint density at radius 1 is 1.00 bits per heavy atom. The molecular weight excluding hydrogens is 444 g/mol. The molecule has 3 nitrogen and oxygen atoms in total. The Bertz CT molecular complexity index is 771. The normalized spacial score (nSPS) is 38.5. The Morgan fingerprint density at radius 3 is 2.56 bits per heavy atom. The van der Waals surface area contributed by atoms with Crippen molar-refractivity contribution in [3.8, 4) is 0 Å². The maximum atomic E-state index is 12.2. The molecule has 0 radical (unpaired) electrons. The third kappa shape index (κ3) is 5.70. The molecule has 0 aromatic carbocycles. The Hall–Kier alpha value is -0.990. The third-order valence-corrected chi connectivity index (χ3v) is 11.5. The number of allylic oxidation sites excluding steroid dienone is 1. The van der Waals surface area contributed by atoms with E-state index in [-0.39, 0.29) is 6.10 Å². The summed E-state index contributed by atoms with van der Waals surface area (Å²) in [6.45, 7) is 15.2. The fourth-order valence-electron chi connectivity index (χ4n) is 9.43. The molecule has 0 aliphatic heterocycles. The van der Waals surface area contributed by atoms with Gasteiger partial charge in [-0.1, -0.05) is 85.3 Å². The SMILES string of the molecule is CCCCCOC(=O)OC1CC[C@@]2(C)C(=CCC3C4CCC(C(C)CCCC(C)C)[C@@]4(C)CCC32)C1. The van der Waals surface area contributed by atoms with E-state index in [0.717, 1.165) is 74.0 Å². The molecule has 3 heteroatoms. The van der Waals surface area contributed by atoms with Gasteiger partial charge in [-0.2, -0.15) is 0 Å². The maximum Gasteiger partial charge on any atom is 0.508 e. The van der Waals surface area contributed by atoms with Gasteiger partial charge in [-0.05, 0) is 97.7 Å². The van der Waals surface area contributed by atoms with E-state index in [9.17, 15) is 4.79 Å². The highest BCUT2D eigenvalue weighted by molar-refractivity contribution is 5.60. The van der Waals surface area contributed by atoms with Crippen LogP contribution in [-0.4, -0.2) is 18.9 Å². The highest BCUT2D eigenvalue weighted by Gasteiger charge is 2.59. The first-order valence-electron chi connectivity index (χ1n) is 15.7. The first-order chi connectivity index (χ1) is 17.2. The van der Waals surface area contributed by atoms with Crippen molar-refractivity contribution in [3.63, 3.8) is 0 Å². The van der Waals surface area contributed by atoms with E-state index in [1.807, 2.05) is 0 Å². The van der Waals surface area contributed by atoms with Crippen molar-refractivity contribution in [2.75, 3.05) is 6.61 Å². The number of rotatable bonds is 10. The Labute approximate surface area is 222 Å². The summed E-state index contributed by atoms with van der Waals surface area (Å²) in [5.74, 6) is 5.19. The summed E-state index contributed by atoms with van der Waals surface area (Å²) >= 11 is 0. The standard InChI is InChI=1S/C33H56O3/c1-7-8-9-21-35-31(34)36-26-17-19-32(5)25(22-26)13-14-27-29-16-15-28(24(4)12-10-11-23(2)3)33(29,6)20-18-30(27)32/h13,23-24,26-30H,7-12,14-22H2,1-6H3/t24?,26?,27?,28?,29?,30?,32-,33+/m0/s1. The predicted octanol–water partition coefficient (Wildman–Crippen LogP) is 9.74. The van der Waals surface area contributed by atoms with E-state index in [0.29, 0.717) is 17.4 Å². The summed E-state index contributed by atoms with van der Waals surface area (Å²) in [6, 6.07) is 0. The van der Waals surface area contributed by atoms with Crippen LogP contribution in [0.4, 0.5) is 4.79 Å². The van der Waals surface area contributed by atoms with E-state index >= 15 is 0 Å². The van der Waals surface area contributed by atoms with E-state index in [2.05, 4.69) is 47.6 Å². The number of hydrogen-bond donors (Lipinski definition) is 0. The molecule has 6 unspecified atom stereocenters. The lowest BCUT2D eigenvalue weighted by atomic mass is 9.47. The minimum Gasteiger partial charge on any atom is -0.434 e. The molecule has 0 aromatic rings. The summed E-state index contributed by atoms with van der Waals surface area (Å²) in [5, 5.41) is 0. The van der Waals surface area contributed by atoms with Gasteiger partial charge in [0, 0.05) is 6.42 Å². The summed E-state index contributed by atoms with van der Waals surface area (Å²) in [7, 11) is 0. The molecule has 3 fully saturated rings. The van der Waals surface area contributed by atoms with E-state index in [1.54, 1.807) is 5.57 Å². The first-order valence-corrected chi connectivity index (χ1v) is 15.7. The first kappa shape index (κ1) is 28.0. The number of carbonyl (C=O) groups excluding carboxylic acids is 1. The van der Waals surface area contributed by atoms with E-state index in [4.69, 9.17) is 9.47 Å². The lowest BCUT2D eigenvalue weighted by molar-refractivity contribution is -0.0617. The Morgan fingerprint density at radius 2 is 1.81 bits per heavy atom. The van der Waals surface area contributed by atoms with Crippen LogP contribution >= 0.6 is 0 Å². The highest BCUT2D eigenvalue weighted by Crippen LogP contribution is 2.67. The van der Waals surface area contributed by atoms with Crippen LogP contribution in [0.1, 0.15) is 131 Å². The van der Waals surface area contributed by atoms with Crippen molar-refractivity contribution in [1.82, 2.24) is 0 Å². The van der Waals surface area contributed by atoms with Crippen LogP contribution in [0.15, 0.2) is 11.6 Å². The molecule has 3 saturated carbocycles. The second-order valence-corrected chi connectivity index (χ2v) is 14.1. The monoisotopic (exact) mass is 500 g/mol. The van der Waals surface area contributed by atoms with Crippen molar-refractivity contribution in [3.05, 3.63) is 11.6 Å². The van der Waals surface area contributed by atoms with Gasteiger partial charge in [0.2, 0.25) is 0 Å². The molecule has 36 heavy (non-hydrogen) atoms. The third-order valence-electron chi connectivity index (χ3n) is 11.5. The number of carbonyl (C=O) groups is 1. The number of unbranched alkanes of at least 4 members (excludes halogenated alkanes) is 2. The largest absolute Gasteiger partial charge is 0.508 e. The van der Waals surface area contributed by atoms with Crippen molar-refractivity contribution < 1.29 is 14.3 Å². The fraction of sp³-hybridized carbons (Fsp3) is 0.909. The minimum atomic E-state index is -0.457. The van der Waals surface area contributed by atoms with Gasteiger partial charge in [-0.25, -0.2) is 4.79 Å². The lowest BCUT2D eigenvalue weighted by Gasteiger charge is -2.58. The molecule has 8 atom stereocenters.